The van der Waals surface area contributed by atoms with Crippen molar-refractivity contribution in [1.29, 1.82) is 0 Å². The lowest BCUT2D eigenvalue weighted by Gasteiger charge is -2.12. The predicted octanol–water partition coefficient (Wildman–Crippen LogP) is 2.40. The van der Waals surface area contributed by atoms with Crippen LogP contribution in [0.5, 0.6) is 0 Å². The number of hydroxylamine groups is 1. The number of nitrogens with zero attached hydrogens (tertiary/aromatic N) is 2. The van der Waals surface area contributed by atoms with E-state index in [9.17, 15) is 4.79 Å². The zero-order chi connectivity index (χ0) is 16.1. The maximum absolute atomic E-state index is 11.2. The highest BCUT2D eigenvalue weighted by Gasteiger charge is 2.16. The van der Waals surface area contributed by atoms with Crippen LogP contribution in [0.25, 0.3) is 5.65 Å². The largest absolute Gasteiger partial charge is 0.359 e. The van der Waals surface area contributed by atoms with Crippen LogP contribution in [0.15, 0.2) is 18.2 Å². The summed E-state index contributed by atoms with van der Waals surface area (Å²) in [5.74, 6) is 0.698. The Morgan fingerprint density at radius 2 is 2.18 bits per heavy atom. The van der Waals surface area contributed by atoms with Crippen molar-refractivity contribution >= 4 is 17.4 Å². The van der Waals surface area contributed by atoms with Crippen LogP contribution < -0.4 is 10.8 Å². The Labute approximate surface area is 130 Å². The fourth-order valence-electron chi connectivity index (χ4n) is 2.60. The second kappa shape index (κ2) is 7.26. The van der Waals surface area contributed by atoms with Crippen molar-refractivity contribution in [3.63, 3.8) is 0 Å². The van der Waals surface area contributed by atoms with Gasteiger partial charge in [-0.1, -0.05) is 33.3 Å². The standard InChI is InChI=1S/C16H24N4O2/c1-4-6-12-7-5-8-14-18-16(17-10-15(21)19-22)13(20(12)14)9-11(2)3/h5,7-8,11,17,22H,4,6,9-10H2,1-3H3,(H,19,21). The van der Waals surface area contributed by atoms with Gasteiger partial charge in [0.25, 0.3) is 5.91 Å². The van der Waals surface area contributed by atoms with Crippen molar-refractivity contribution in [2.75, 3.05) is 11.9 Å². The fraction of sp³-hybridized carbons (Fsp3) is 0.500. The molecule has 0 spiro atoms. The van der Waals surface area contributed by atoms with E-state index in [-0.39, 0.29) is 6.54 Å². The maximum atomic E-state index is 11.2. The predicted molar refractivity (Wildman–Crippen MR) is 86.1 cm³/mol. The summed E-state index contributed by atoms with van der Waals surface area (Å²) in [4.78, 5) is 15.9. The summed E-state index contributed by atoms with van der Waals surface area (Å²) in [6, 6.07) is 6.10. The van der Waals surface area contributed by atoms with Gasteiger partial charge in [0.1, 0.15) is 11.5 Å². The molecule has 2 aromatic heterocycles. The van der Waals surface area contributed by atoms with E-state index >= 15 is 0 Å². The van der Waals surface area contributed by atoms with E-state index in [2.05, 4.69) is 41.5 Å². The van der Waals surface area contributed by atoms with E-state index in [1.165, 1.54) is 5.69 Å². The highest BCUT2D eigenvalue weighted by molar-refractivity contribution is 5.79. The first-order chi connectivity index (χ1) is 10.6. The lowest BCUT2D eigenvalue weighted by atomic mass is 10.1. The SMILES string of the molecule is CCCc1cccc2nc(NCC(=O)NO)c(CC(C)C)n12. The lowest BCUT2D eigenvalue weighted by Crippen LogP contribution is -2.27. The molecule has 0 aliphatic carbocycles. The fourth-order valence-corrected chi connectivity index (χ4v) is 2.60. The van der Waals surface area contributed by atoms with E-state index in [0.29, 0.717) is 11.7 Å². The average molecular weight is 304 g/mol. The Kier molecular flexibility index (Phi) is 5.38. The van der Waals surface area contributed by atoms with Crippen molar-refractivity contribution in [3.05, 3.63) is 29.6 Å². The quantitative estimate of drug-likeness (QED) is 0.542. The van der Waals surface area contributed by atoms with Gasteiger partial charge in [0.05, 0.1) is 12.2 Å². The van der Waals surface area contributed by atoms with E-state index in [0.717, 1.165) is 30.6 Å². The van der Waals surface area contributed by atoms with E-state index in [1.54, 1.807) is 5.48 Å². The van der Waals surface area contributed by atoms with Gasteiger partial charge in [-0.2, -0.15) is 0 Å². The van der Waals surface area contributed by atoms with Crippen LogP contribution in [0, 0.1) is 5.92 Å². The number of pyridine rings is 1. The molecule has 6 heteroatoms. The van der Waals surface area contributed by atoms with Crippen LogP contribution in [0.3, 0.4) is 0 Å². The molecular formula is C16H24N4O2. The molecule has 0 aliphatic rings. The first kappa shape index (κ1) is 16.3. The molecule has 1 amide bonds. The van der Waals surface area contributed by atoms with Crippen molar-refractivity contribution in [2.45, 2.75) is 40.0 Å². The van der Waals surface area contributed by atoms with Gasteiger partial charge in [0.2, 0.25) is 0 Å². The number of carbonyl (C=O) groups excluding carboxylic acids is 1. The molecule has 0 atom stereocenters. The molecule has 0 radical (unpaired) electrons. The number of aromatic nitrogens is 2. The van der Waals surface area contributed by atoms with Gasteiger partial charge in [-0.05, 0) is 30.9 Å². The molecule has 2 aromatic rings. The molecule has 0 saturated carbocycles. The van der Waals surface area contributed by atoms with Gasteiger partial charge in [0.15, 0.2) is 0 Å². The van der Waals surface area contributed by atoms with Crippen molar-refractivity contribution in [1.82, 2.24) is 14.9 Å². The van der Waals surface area contributed by atoms with Crippen LogP contribution in [-0.4, -0.2) is 27.0 Å². The normalized spacial score (nSPS) is 11.1. The topological polar surface area (TPSA) is 78.7 Å². The number of hydrogen-bond acceptors (Lipinski definition) is 4. The van der Waals surface area contributed by atoms with Crippen LogP contribution in [0.1, 0.15) is 38.6 Å². The van der Waals surface area contributed by atoms with E-state index in [1.807, 2.05) is 12.1 Å². The summed E-state index contributed by atoms with van der Waals surface area (Å²) in [7, 11) is 0. The van der Waals surface area contributed by atoms with Crippen LogP contribution in [0.2, 0.25) is 0 Å². The second-order valence-electron chi connectivity index (χ2n) is 5.85. The second-order valence-corrected chi connectivity index (χ2v) is 5.85. The molecule has 2 heterocycles. The van der Waals surface area contributed by atoms with Crippen molar-refractivity contribution in [2.24, 2.45) is 5.92 Å². The van der Waals surface area contributed by atoms with Gasteiger partial charge in [-0.25, -0.2) is 10.5 Å². The van der Waals surface area contributed by atoms with Crippen molar-refractivity contribution < 1.29 is 10.0 Å². The number of fused-ring (bicyclic) bond motifs is 1. The number of amides is 1. The minimum atomic E-state index is -0.485. The molecule has 22 heavy (non-hydrogen) atoms. The summed E-state index contributed by atoms with van der Waals surface area (Å²) in [6.45, 7) is 6.47. The van der Waals surface area contributed by atoms with Crippen LogP contribution in [0.4, 0.5) is 5.82 Å². The first-order valence-electron chi connectivity index (χ1n) is 7.72. The summed E-state index contributed by atoms with van der Waals surface area (Å²) in [5.41, 5.74) is 4.82. The third-order valence-electron chi connectivity index (χ3n) is 3.47. The molecule has 0 aliphatic heterocycles. The Hall–Kier alpha value is -2.08. The van der Waals surface area contributed by atoms with Gasteiger partial charge in [-0.3, -0.25) is 14.4 Å². The summed E-state index contributed by atoms with van der Waals surface area (Å²) < 4.78 is 2.18. The van der Waals surface area contributed by atoms with Gasteiger partial charge >= 0.3 is 0 Å². The monoisotopic (exact) mass is 304 g/mol. The third kappa shape index (κ3) is 3.57. The Balaban J connectivity index is 2.45. The van der Waals surface area contributed by atoms with Gasteiger partial charge < -0.3 is 5.32 Å². The number of hydrogen-bond donors (Lipinski definition) is 3. The lowest BCUT2D eigenvalue weighted by molar-refractivity contribution is -0.127. The highest BCUT2D eigenvalue weighted by atomic mass is 16.5. The highest BCUT2D eigenvalue weighted by Crippen LogP contribution is 2.23. The zero-order valence-corrected chi connectivity index (χ0v) is 13.4. The molecule has 120 valence electrons. The molecule has 0 aromatic carbocycles. The van der Waals surface area contributed by atoms with E-state index < -0.39 is 5.91 Å². The van der Waals surface area contributed by atoms with Crippen molar-refractivity contribution in [3.8, 4) is 0 Å². The summed E-state index contributed by atoms with van der Waals surface area (Å²) >= 11 is 0. The average Bonchev–Trinajstić information content (AvgIpc) is 2.83. The Bertz CT molecular complexity index is 649. The molecular weight excluding hydrogens is 280 g/mol. The van der Waals surface area contributed by atoms with Gasteiger partial charge in [0, 0.05) is 5.69 Å². The molecule has 6 nitrogen and oxygen atoms in total. The smallest absolute Gasteiger partial charge is 0.262 e. The minimum Gasteiger partial charge on any atom is -0.359 e. The summed E-state index contributed by atoms with van der Waals surface area (Å²) in [6.07, 6.45) is 2.91. The number of nitrogens with one attached hydrogen (secondary N) is 2. The Morgan fingerprint density at radius 3 is 2.82 bits per heavy atom. The van der Waals surface area contributed by atoms with Gasteiger partial charge in [-0.15, -0.1) is 0 Å². The molecule has 0 saturated heterocycles. The first-order valence-corrected chi connectivity index (χ1v) is 7.72. The third-order valence-corrected chi connectivity index (χ3v) is 3.47. The summed E-state index contributed by atoms with van der Waals surface area (Å²) in [5, 5.41) is 11.6. The molecule has 2 rings (SSSR count). The molecule has 0 bridgehead atoms. The van der Waals surface area contributed by atoms with Crippen LogP contribution in [-0.2, 0) is 17.6 Å². The maximum Gasteiger partial charge on any atom is 0.262 e. The number of imidazole rings is 1. The molecule has 3 N–H and O–H groups in total. The molecule has 0 fully saturated rings. The number of aryl methyl sites for hydroxylation is 1. The number of anilines is 1. The minimum absolute atomic E-state index is 0.00537. The van der Waals surface area contributed by atoms with Crippen LogP contribution >= 0.6 is 0 Å². The zero-order valence-electron chi connectivity index (χ0n) is 13.4. The number of carbonyl (C=O) groups is 1. The molecule has 0 unspecified atom stereocenters. The van der Waals surface area contributed by atoms with E-state index in [4.69, 9.17) is 5.21 Å². The number of rotatable bonds is 7. The Morgan fingerprint density at radius 1 is 1.41 bits per heavy atom.